The second kappa shape index (κ2) is 43.3. The quantitative estimate of drug-likeness (QED) is 0.0259. The Hall–Kier alpha value is -1.01. The van der Waals surface area contributed by atoms with E-state index in [1.54, 1.807) is 0 Å². The average Bonchev–Trinajstić information content (AvgIpc) is 3.36. The normalized spacial score (nSPS) is 25.9. The van der Waals surface area contributed by atoms with Crippen molar-refractivity contribution >= 4 is 5.91 Å². The van der Waals surface area contributed by atoms with E-state index in [2.05, 4.69) is 19.2 Å². The van der Waals surface area contributed by atoms with E-state index >= 15 is 0 Å². The van der Waals surface area contributed by atoms with Crippen LogP contribution in [0.1, 0.15) is 258 Å². The summed E-state index contributed by atoms with van der Waals surface area (Å²) < 4.78 is 22.8. The highest BCUT2D eigenvalue weighted by molar-refractivity contribution is 5.76. The molecule has 70 heavy (non-hydrogen) atoms. The number of carbonyl (C=O) groups is 1. The van der Waals surface area contributed by atoms with E-state index in [-0.39, 0.29) is 12.5 Å². The monoisotopic (exact) mass is 1000 g/mol. The number of aliphatic hydroxyl groups is 8. The van der Waals surface area contributed by atoms with Crippen molar-refractivity contribution in [2.75, 3.05) is 19.8 Å². The summed E-state index contributed by atoms with van der Waals surface area (Å²) in [5, 5.41) is 87.1. The molecule has 14 heteroatoms. The van der Waals surface area contributed by atoms with E-state index in [1.807, 2.05) is 0 Å². The summed E-state index contributed by atoms with van der Waals surface area (Å²) in [6.07, 6.45) is 29.8. The fourth-order valence-electron chi connectivity index (χ4n) is 10.1. The third-order valence-electron chi connectivity index (χ3n) is 14.8. The van der Waals surface area contributed by atoms with Crippen molar-refractivity contribution in [3.05, 3.63) is 0 Å². The zero-order chi connectivity index (χ0) is 51.0. The van der Waals surface area contributed by atoms with Gasteiger partial charge >= 0.3 is 0 Å². The molecule has 2 rings (SSSR count). The van der Waals surface area contributed by atoms with Crippen LogP contribution in [0.3, 0.4) is 0 Å². The van der Waals surface area contributed by atoms with Crippen LogP contribution in [0.4, 0.5) is 0 Å². The molecular formula is C56H109NO13. The van der Waals surface area contributed by atoms with Crippen LogP contribution in [0.25, 0.3) is 0 Å². The van der Waals surface area contributed by atoms with Crippen molar-refractivity contribution < 1.29 is 64.6 Å². The minimum atomic E-state index is -1.78. The molecule has 2 heterocycles. The topological polar surface area (TPSA) is 228 Å². The molecule has 2 fully saturated rings. The fourth-order valence-corrected chi connectivity index (χ4v) is 10.1. The predicted molar refractivity (Wildman–Crippen MR) is 277 cm³/mol. The molecule has 14 nitrogen and oxygen atoms in total. The van der Waals surface area contributed by atoms with Crippen molar-refractivity contribution in [2.24, 2.45) is 0 Å². The summed E-state index contributed by atoms with van der Waals surface area (Å²) >= 11 is 0. The highest BCUT2D eigenvalue weighted by atomic mass is 16.7. The smallest absolute Gasteiger partial charge is 0.220 e. The Kier molecular flexibility index (Phi) is 40.2. The van der Waals surface area contributed by atoms with E-state index in [9.17, 15) is 45.6 Å². The minimum absolute atomic E-state index is 0.204. The molecular weight excluding hydrogens is 895 g/mol. The lowest BCUT2D eigenvalue weighted by Gasteiger charge is -2.46. The molecule has 416 valence electrons. The maximum absolute atomic E-state index is 13.2. The number of amides is 1. The molecule has 0 saturated carbocycles. The van der Waals surface area contributed by atoms with E-state index in [0.717, 1.165) is 51.4 Å². The summed E-state index contributed by atoms with van der Waals surface area (Å²) in [5.74, 6) is -0.204. The number of carbonyl (C=O) groups excluding carboxylic acids is 1. The SMILES string of the molecule is CCCCCCCCCCCCCCCCCCCCCCCCCCCC(O)C(COC1OC(CO)C(OC2OC(CO)C(O)C(O)C2O)C(O)C1O)NC(=O)CCCCCCCCCCCCC. The van der Waals surface area contributed by atoms with E-state index in [0.29, 0.717) is 12.8 Å². The second-order valence-electron chi connectivity index (χ2n) is 21.1. The summed E-state index contributed by atoms with van der Waals surface area (Å²) in [6.45, 7) is 2.87. The molecule has 0 aromatic rings. The van der Waals surface area contributed by atoms with Gasteiger partial charge in [-0.05, 0) is 12.8 Å². The van der Waals surface area contributed by atoms with Crippen LogP contribution in [0.5, 0.6) is 0 Å². The fraction of sp³-hybridized carbons (Fsp3) is 0.982. The highest BCUT2D eigenvalue weighted by Crippen LogP contribution is 2.30. The molecule has 0 aromatic carbocycles. The number of hydrogen-bond acceptors (Lipinski definition) is 13. The lowest BCUT2D eigenvalue weighted by molar-refractivity contribution is -0.359. The van der Waals surface area contributed by atoms with Crippen LogP contribution in [-0.4, -0.2) is 140 Å². The van der Waals surface area contributed by atoms with Crippen molar-refractivity contribution in [1.29, 1.82) is 0 Å². The molecule has 2 aliphatic rings. The molecule has 0 spiro atoms. The number of unbranched alkanes of at least 4 members (excludes halogenated alkanes) is 34. The number of hydrogen-bond donors (Lipinski definition) is 9. The summed E-state index contributed by atoms with van der Waals surface area (Å²) in [7, 11) is 0. The summed E-state index contributed by atoms with van der Waals surface area (Å²) in [5.41, 5.74) is 0. The standard InChI is InChI=1S/C56H109NO13/c1-3-5-7-9-11-13-15-16-17-18-19-20-21-22-23-24-25-26-27-28-30-31-33-35-37-39-45(60)44(57-48(61)40-38-36-34-32-29-14-12-10-8-6-4-2)43-67-55-53(66)51(64)54(47(42-59)69-55)70-56-52(65)50(63)49(62)46(41-58)68-56/h44-47,49-56,58-60,62-66H,3-43H2,1-2H3,(H,57,61). The molecule has 0 radical (unpaired) electrons. The second-order valence-corrected chi connectivity index (χ2v) is 21.1. The Balaban J connectivity index is 1.70. The third kappa shape index (κ3) is 29.2. The van der Waals surface area contributed by atoms with E-state index < -0.39 is 86.8 Å². The molecule has 0 bridgehead atoms. The molecule has 2 saturated heterocycles. The van der Waals surface area contributed by atoms with Crippen molar-refractivity contribution in [3.63, 3.8) is 0 Å². The van der Waals surface area contributed by atoms with Gasteiger partial charge in [0.25, 0.3) is 0 Å². The van der Waals surface area contributed by atoms with E-state index in [4.69, 9.17) is 18.9 Å². The molecule has 2 aliphatic heterocycles. The number of ether oxygens (including phenoxy) is 4. The molecule has 12 unspecified atom stereocenters. The lowest BCUT2D eigenvalue weighted by Crippen LogP contribution is -2.65. The van der Waals surface area contributed by atoms with Crippen LogP contribution >= 0.6 is 0 Å². The maximum Gasteiger partial charge on any atom is 0.220 e. The summed E-state index contributed by atoms with van der Waals surface area (Å²) in [6, 6.07) is -0.821. The van der Waals surface area contributed by atoms with Gasteiger partial charge in [0.05, 0.1) is 32.0 Å². The Morgan fingerprint density at radius 1 is 0.457 bits per heavy atom. The first-order valence-electron chi connectivity index (χ1n) is 29.3. The van der Waals surface area contributed by atoms with Crippen molar-refractivity contribution in [3.8, 4) is 0 Å². The largest absolute Gasteiger partial charge is 0.394 e. The van der Waals surface area contributed by atoms with Gasteiger partial charge in [0.1, 0.15) is 48.8 Å². The van der Waals surface area contributed by atoms with E-state index in [1.165, 1.54) is 180 Å². The van der Waals surface area contributed by atoms with Gasteiger partial charge < -0.3 is 65.1 Å². The molecule has 9 N–H and O–H groups in total. The molecule has 12 atom stereocenters. The number of aliphatic hydroxyl groups excluding tert-OH is 8. The minimum Gasteiger partial charge on any atom is -0.394 e. The van der Waals surface area contributed by atoms with Gasteiger partial charge in [0, 0.05) is 6.42 Å². The van der Waals surface area contributed by atoms with Gasteiger partial charge in [-0.3, -0.25) is 4.79 Å². The third-order valence-corrected chi connectivity index (χ3v) is 14.8. The molecule has 1 amide bonds. The molecule has 0 aromatic heterocycles. The van der Waals surface area contributed by atoms with Gasteiger partial charge in [-0.25, -0.2) is 0 Å². The summed E-state index contributed by atoms with van der Waals surface area (Å²) in [4.78, 5) is 13.2. The van der Waals surface area contributed by atoms with Crippen LogP contribution in [0.2, 0.25) is 0 Å². The van der Waals surface area contributed by atoms with Crippen molar-refractivity contribution in [2.45, 2.75) is 331 Å². The van der Waals surface area contributed by atoms with Crippen LogP contribution in [-0.2, 0) is 23.7 Å². The first-order chi connectivity index (χ1) is 34.1. The lowest BCUT2D eigenvalue weighted by atomic mass is 9.97. The van der Waals surface area contributed by atoms with Crippen LogP contribution in [0.15, 0.2) is 0 Å². The van der Waals surface area contributed by atoms with Gasteiger partial charge in [0.15, 0.2) is 12.6 Å². The Labute approximate surface area is 425 Å². The maximum atomic E-state index is 13.2. The van der Waals surface area contributed by atoms with Crippen LogP contribution < -0.4 is 5.32 Å². The van der Waals surface area contributed by atoms with Gasteiger partial charge in [-0.1, -0.05) is 239 Å². The Bertz CT molecular complexity index is 1180. The zero-order valence-electron chi connectivity index (χ0n) is 44.5. The number of nitrogens with one attached hydrogen (secondary N) is 1. The van der Waals surface area contributed by atoms with Crippen molar-refractivity contribution in [1.82, 2.24) is 5.32 Å². The first kappa shape index (κ1) is 65.1. The molecule has 0 aliphatic carbocycles. The Morgan fingerprint density at radius 3 is 1.21 bits per heavy atom. The van der Waals surface area contributed by atoms with Crippen LogP contribution in [0, 0.1) is 0 Å². The Morgan fingerprint density at radius 2 is 0.814 bits per heavy atom. The first-order valence-corrected chi connectivity index (χ1v) is 29.3. The van der Waals surface area contributed by atoms with Gasteiger partial charge in [0.2, 0.25) is 5.91 Å². The predicted octanol–water partition coefficient (Wildman–Crippen LogP) is 9.34. The highest BCUT2D eigenvalue weighted by Gasteiger charge is 2.51. The van der Waals surface area contributed by atoms with Gasteiger partial charge in [-0.15, -0.1) is 0 Å². The zero-order valence-corrected chi connectivity index (χ0v) is 44.5. The van der Waals surface area contributed by atoms with Gasteiger partial charge in [-0.2, -0.15) is 0 Å². The average molecular weight is 1000 g/mol. The number of rotatable bonds is 47.